The summed E-state index contributed by atoms with van der Waals surface area (Å²) in [5.74, 6) is 0. The molecule has 0 saturated carbocycles. The Kier molecular flexibility index (Phi) is 2.99. The molecular weight excluding hydrogens is 140 g/mol. The van der Waals surface area contributed by atoms with Crippen molar-refractivity contribution in [2.45, 2.75) is 6.17 Å². The second kappa shape index (κ2) is 4.33. The maximum Gasteiger partial charge on any atom is 0.208 e. The highest BCUT2D eigenvalue weighted by atomic mass is 16.1. The molecule has 0 fully saturated rings. The zero-order valence-electron chi connectivity index (χ0n) is 6.03. The summed E-state index contributed by atoms with van der Waals surface area (Å²) in [6.07, 6.45) is 11.7. The summed E-state index contributed by atoms with van der Waals surface area (Å²) in [5.41, 5.74) is 0. The Bertz CT molecular complexity index is 206. The van der Waals surface area contributed by atoms with Crippen LogP contribution >= 0.6 is 0 Å². The first-order chi connectivity index (χ1) is 5.43. The molecule has 1 unspecified atom stereocenters. The van der Waals surface area contributed by atoms with E-state index in [1.807, 2.05) is 30.4 Å². The van der Waals surface area contributed by atoms with Crippen LogP contribution in [0.25, 0.3) is 0 Å². The monoisotopic (exact) mass is 150 g/mol. The van der Waals surface area contributed by atoms with Crippen molar-refractivity contribution >= 4 is 6.41 Å². The summed E-state index contributed by atoms with van der Waals surface area (Å²) in [7, 11) is 0. The zero-order chi connectivity index (χ0) is 7.94. The molecule has 0 aromatic heterocycles. The van der Waals surface area contributed by atoms with E-state index in [1.165, 1.54) is 0 Å². The van der Waals surface area contributed by atoms with E-state index in [2.05, 4.69) is 10.6 Å². The largest absolute Gasteiger partial charge is 0.368 e. The first-order valence-corrected chi connectivity index (χ1v) is 3.39. The maximum absolute atomic E-state index is 10.0. The molecule has 1 aliphatic heterocycles. The molecule has 58 valence electrons. The average Bonchev–Trinajstić information content (AvgIpc) is 1.94. The third-order valence-corrected chi connectivity index (χ3v) is 1.26. The number of carbonyl (C=O) groups excluding carboxylic acids is 1. The fraction of sp³-hybridized carbons (Fsp3) is 0.125. The van der Waals surface area contributed by atoms with Crippen molar-refractivity contribution in [3.8, 4) is 0 Å². The summed E-state index contributed by atoms with van der Waals surface area (Å²) in [6.45, 7) is 0. The standard InChI is InChI=1S/C8H10N2O/c11-7-10-8-5-3-1-2-4-6-9-8/h1-9H,(H,10,11)/b2-1-,5-3-,6-4-. The number of allylic oxidation sites excluding steroid dienone is 4. The Morgan fingerprint density at radius 3 is 2.91 bits per heavy atom. The quantitative estimate of drug-likeness (QED) is 0.555. The van der Waals surface area contributed by atoms with Gasteiger partial charge in [0.2, 0.25) is 6.41 Å². The van der Waals surface area contributed by atoms with Gasteiger partial charge in [0.05, 0.1) is 0 Å². The van der Waals surface area contributed by atoms with Crippen LogP contribution in [0.2, 0.25) is 0 Å². The lowest BCUT2D eigenvalue weighted by atomic mass is 10.3. The van der Waals surface area contributed by atoms with Crippen LogP contribution in [0.4, 0.5) is 0 Å². The van der Waals surface area contributed by atoms with Crippen LogP contribution in [-0.4, -0.2) is 12.6 Å². The van der Waals surface area contributed by atoms with Gasteiger partial charge in [-0.3, -0.25) is 4.79 Å². The van der Waals surface area contributed by atoms with Gasteiger partial charge in [0.25, 0.3) is 0 Å². The Hall–Kier alpha value is -1.51. The molecule has 0 aliphatic carbocycles. The van der Waals surface area contributed by atoms with Gasteiger partial charge < -0.3 is 10.6 Å². The molecule has 1 aliphatic rings. The number of hydrogen-bond acceptors (Lipinski definition) is 2. The molecule has 3 nitrogen and oxygen atoms in total. The summed E-state index contributed by atoms with van der Waals surface area (Å²) >= 11 is 0. The number of nitrogens with one attached hydrogen (secondary N) is 2. The molecule has 11 heavy (non-hydrogen) atoms. The number of hydrogen-bond donors (Lipinski definition) is 2. The second-order valence-electron chi connectivity index (χ2n) is 2.06. The third-order valence-electron chi connectivity index (χ3n) is 1.26. The minimum Gasteiger partial charge on any atom is -0.368 e. The van der Waals surface area contributed by atoms with Crippen molar-refractivity contribution in [3.05, 3.63) is 36.6 Å². The lowest BCUT2D eigenvalue weighted by molar-refractivity contribution is -0.110. The molecule has 0 aromatic rings. The predicted molar refractivity (Wildman–Crippen MR) is 43.5 cm³/mol. The van der Waals surface area contributed by atoms with E-state index in [4.69, 9.17) is 0 Å². The van der Waals surface area contributed by atoms with Gasteiger partial charge >= 0.3 is 0 Å². The molecule has 1 amide bonds. The fourth-order valence-electron chi connectivity index (χ4n) is 0.751. The van der Waals surface area contributed by atoms with Crippen molar-refractivity contribution < 1.29 is 4.79 Å². The minimum atomic E-state index is -0.103. The van der Waals surface area contributed by atoms with Crippen molar-refractivity contribution in [1.82, 2.24) is 10.6 Å². The van der Waals surface area contributed by atoms with Crippen LogP contribution in [0.5, 0.6) is 0 Å². The van der Waals surface area contributed by atoms with Crippen LogP contribution < -0.4 is 10.6 Å². The first kappa shape index (κ1) is 7.60. The highest BCUT2D eigenvalue weighted by Crippen LogP contribution is 1.88. The molecule has 2 N–H and O–H groups in total. The second-order valence-corrected chi connectivity index (χ2v) is 2.06. The lowest BCUT2D eigenvalue weighted by Gasteiger charge is -2.11. The SMILES string of the molecule is O=CNC1\C=C/C=C\C=C/N1. The van der Waals surface area contributed by atoms with Gasteiger partial charge in [-0.1, -0.05) is 18.2 Å². The van der Waals surface area contributed by atoms with Crippen molar-refractivity contribution in [3.63, 3.8) is 0 Å². The Balaban J connectivity index is 2.53. The van der Waals surface area contributed by atoms with E-state index in [0.29, 0.717) is 6.41 Å². The van der Waals surface area contributed by atoms with Crippen LogP contribution in [0.15, 0.2) is 36.6 Å². The van der Waals surface area contributed by atoms with Gasteiger partial charge in [-0.25, -0.2) is 0 Å². The molecule has 0 spiro atoms. The molecule has 0 radical (unpaired) electrons. The predicted octanol–water partition coefficient (Wildman–Crippen LogP) is 0.288. The van der Waals surface area contributed by atoms with E-state index in [1.54, 1.807) is 6.20 Å². The zero-order valence-corrected chi connectivity index (χ0v) is 6.03. The van der Waals surface area contributed by atoms with Gasteiger partial charge in [0.1, 0.15) is 6.17 Å². The van der Waals surface area contributed by atoms with Crippen LogP contribution in [0.1, 0.15) is 0 Å². The van der Waals surface area contributed by atoms with E-state index in [9.17, 15) is 4.79 Å². The number of carbonyl (C=O) groups is 1. The van der Waals surface area contributed by atoms with Gasteiger partial charge in [0, 0.05) is 0 Å². The summed E-state index contributed by atoms with van der Waals surface area (Å²) in [4.78, 5) is 10.0. The first-order valence-electron chi connectivity index (χ1n) is 3.39. The van der Waals surface area contributed by atoms with Crippen LogP contribution in [0.3, 0.4) is 0 Å². The van der Waals surface area contributed by atoms with Gasteiger partial charge in [-0.05, 0) is 18.4 Å². The molecular formula is C8H10N2O. The molecule has 0 saturated heterocycles. The summed E-state index contributed by atoms with van der Waals surface area (Å²) in [6, 6.07) is 0. The summed E-state index contributed by atoms with van der Waals surface area (Å²) in [5, 5.41) is 5.55. The van der Waals surface area contributed by atoms with Crippen LogP contribution in [0, 0.1) is 0 Å². The van der Waals surface area contributed by atoms with E-state index in [-0.39, 0.29) is 6.17 Å². The molecule has 0 bridgehead atoms. The topological polar surface area (TPSA) is 41.1 Å². The normalized spacial score (nSPS) is 30.4. The fourth-order valence-corrected chi connectivity index (χ4v) is 0.751. The number of amides is 1. The average molecular weight is 150 g/mol. The molecule has 3 heteroatoms. The van der Waals surface area contributed by atoms with Gasteiger partial charge in [-0.2, -0.15) is 0 Å². The molecule has 1 atom stereocenters. The van der Waals surface area contributed by atoms with E-state index in [0.717, 1.165) is 0 Å². The van der Waals surface area contributed by atoms with Crippen molar-refractivity contribution in [1.29, 1.82) is 0 Å². The van der Waals surface area contributed by atoms with E-state index < -0.39 is 0 Å². The Labute approximate surface area is 65.5 Å². The van der Waals surface area contributed by atoms with Gasteiger partial charge in [-0.15, -0.1) is 0 Å². The van der Waals surface area contributed by atoms with Gasteiger partial charge in [0.15, 0.2) is 0 Å². The Morgan fingerprint density at radius 1 is 1.27 bits per heavy atom. The summed E-state index contributed by atoms with van der Waals surface area (Å²) < 4.78 is 0. The Morgan fingerprint density at radius 2 is 2.09 bits per heavy atom. The minimum absolute atomic E-state index is 0.103. The third kappa shape index (κ3) is 2.71. The smallest absolute Gasteiger partial charge is 0.208 e. The molecule has 1 heterocycles. The van der Waals surface area contributed by atoms with E-state index >= 15 is 0 Å². The van der Waals surface area contributed by atoms with Crippen molar-refractivity contribution in [2.24, 2.45) is 0 Å². The van der Waals surface area contributed by atoms with Crippen molar-refractivity contribution in [2.75, 3.05) is 0 Å². The van der Waals surface area contributed by atoms with Crippen LogP contribution in [-0.2, 0) is 4.79 Å². The maximum atomic E-state index is 10.0. The molecule has 0 aromatic carbocycles. The molecule has 1 rings (SSSR count). The highest BCUT2D eigenvalue weighted by Gasteiger charge is 1.96. The highest BCUT2D eigenvalue weighted by molar-refractivity contribution is 5.47. The lowest BCUT2D eigenvalue weighted by Crippen LogP contribution is -2.36. The number of rotatable bonds is 2.